The molecule has 49 heavy (non-hydrogen) atoms. The largest absolute Gasteiger partial charge is 0.466 e. The van der Waals surface area contributed by atoms with E-state index < -0.39 is 0 Å². The molecule has 0 heterocycles. The Morgan fingerprint density at radius 1 is 0.531 bits per heavy atom. The maximum Gasteiger partial charge on any atom is 0.306 e. The molecule has 0 bridgehead atoms. The van der Waals surface area contributed by atoms with Gasteiger partial charge in [0.05, 0.1) is 6.61 Å². The third kappa shape index (κ3) is 33.7. The van der Waals surface area contributed by atoms with Crippen LogP contribution in [0.1, 0.15) is 207 Å². The molecular formula is C42H83NO6. The molecular weight excluding hydrogens is 614 g/mol. The Kier molecular flexibility index (Phi) is 37.1. The van der Waals surface area contributed by atoms with Gasteiger partial charge in [0, 0.05) is 39.1 Å². The molecule has 0 aromatic carbocycles. The second-order valence-corrected chi connectivity index (χ2v) is 14.7. The van der Waals surface area contributed by atoms with Gasteiger partial charge in [-0.3, -0.25) is 9.59 Å². The summed E-state index contributed by atoms with van der Waals surface area (Å²) in [5.74, 6) is -0.0147. The number of aliphatic hydroxyl groups is 2. The maximum atomic E-state index is 12.7. The van der Waals surface area contributed by atoms with Gasteiger partial charge < -0.3 is 24.6 Å². The number of nitrogens with zero attached hydrogens (tertiary/aromatic N) is 1. The quantitative estimate of drug-likeness (QED) is 0.0487. The van der Waals surface area contributed by atoms with Gasteiger partial charge >= 0.3 is 11.9 Å². The topological polar surface area (TPSA) is 96.3 Å². The lowest BCUT2D eigenvalue weighted by Gasteiger charge is -2.26. The van der Waals surface area contributed by atoms with Crippen LogP contribution in [0.2, 0.25) is 0 Å². The Bertz CT molecular complexity index is 689. The van der Waals surface area contributed by atoms with Crippen molar-refractivity contribution in [2.75, 3.05) is 39.5 Å². The summed E-state index contributed by atoms with van der Waals surface area (Å²) in [6.45, 7) is 10.0. The summed E-state index contributed by atoms with van der Waals surface area (Å²) in [7, 11) is 0. The zero-order chi connectivity index (χ0) is 36.0. The van der Waals surface area contributed by atoms with Crippen molar-refractivity contribution in [2.24, 2.45) is 5.92 Å². The molecule has 0 spiro atoms. The first-order valence-electron chi connectivity index (χ1n) is 21.3. The SMILES string of the molecule is CCCCCCCCC(CCCCCCCC)OC(=O)CCCCCCCN(CCCO)CC(CO)CCCC(=O)OCCCCCCC. The molecule has 0 aliphatic heterocycles. The Balaban J connectivity index is 4.31. The monoisotopic (exact) mass is 698 g/mol. The average molecular weight is 698 g/mol. The molecule has 0 aromatic heterocycles. The van der Waals surface area contributed by atoms with Crippen LogP contribution in [-0.4, -0.2) is 72.6 Å². The number of esters is 2. The molecule has 1 atom stereocenters. The predicted octanol–water partition coefficient (Wildman–Crippen LogP) is 10.7. The van der Waals surface area contributed by atoms with Crippen LogP contribution < -0.4 is 0 Å². The van der Waals surface area contributed by atoms with Crippen molar-refractivity contribution in [1.82, 2.24) is 4.90 Å². The third-order valence-electron chi connectivity index (χ3n) is 9.82. The van der Waals surface area contributed by atoms with Crippen molar-refractivity contribution in [3.8, 4) is 0 Å². The van der Waals surface area contributed by atoms with Crippen LogP contribution in [0.15, 0.2) is 0 Å². The number of rotatable bonds is 39. The molecule has 0 fully saturated rings. The van der Waals surface area contributed by atoms with Gasteiger partial charge in [0.1, 0.15) is 6.10 Å². The summed E-state index contributed by atoms with van der Waals surface area (Å²) in [5.41, 5.74) is 0. The van der Waals surface area contributed by atoms with E-state index in [4.69, 9.17) is 9.47 Å². The molecule has 7 heteroatoms. The van der Waals surface area contributed by atoms with Crippen LogP contribution in [0, 0.1) is 5.92 Å². The fraction of sp³-hybridized carbons (Fsp3) is 0.952. The van der Waals surface area contributed by atoms with E-state index in [-0.39, 0.29) is 37.2 Å². The summed E-state index contributed by atoms with van der Waals surface area (Å²) in [6, 6.07) is 0. The summed E-state index contributed by atoms with van der Waals surface area (Å²) in [6.07, 6.45) is 31.5. The molecule has 0 amide bonds. The van der Waals surface area contributed by atoms with E-state index in [2.05, 4.69) is 25.7 Å². The summed E-state index contributed by atoms with van der Waals surface area (Å²) >= 11 is 0. The van der Waals surface area contributed by atoms with Gasteiger partial charge in [0.2, 0.25) is 0 Å². The van der Waals surface area contributed by atoms with E-state index >= 15 is 0 Å². The first-order chi connectivity index (χ1) is 24.0. The lowest BCUT2D eigenvalue weighted by Crippen LogP contribution is -2.33. The second kappa shape index (κ2) is 38.1. The highest BCUT2D eigenvalue weighted by Gasteiger charge is 2.16. The Hall–Kier alpha value is -1.18. The van der Waals surface area contributed by atoms with Crippen LogP contribution in [0.25, 0.3) is 0 Å². The lowest BCUT2D eigenvalue weighted by atomic mass is 10.0. The highest BCUT2D eigenvalue weighted by molar-refractivity contribution is 5.69. The highest BCUT2D eigenvalue weighted by Crippen LogP contribution is 2.19. The van der Waals surface area contributed by atoms with Gasteiger partial charge in [-0.15, -0.1) is 0 Å². The first kappa shape index (κ1) is 47.8. The number of carbonyl (C=O) groups excluding carboxylic acids is 2. The average Bonchev–Trinajstić information content (AvgIpc) is 3.10. The van der Waals surface area contributed by atoms with Crippen molar-refractivity contribution in [2.45, 2.75) is 213 Å². The standard InChI is InChI=1S/C42H83NO6/c1-4-7-10-13-16-21-29-40(30-22-17-14-11-8-5-2)49-42(47)31-23-18-15-19-24-33-43(34-27-35-44)37-39(38-45)28-26-32-41(46)48-36-25-20-12-9-6-3/h39-40,44-45H,4-38H2,1-3H3. The van der Waals surface area contributed by atoms with Gasteiger partial charge in [0.15, 0.2) is 0 Å². The molecule has 0 aliphatic rings. The number of ether oxygens (including phenoxy) is 2. The van der Waals surface area contributed by atoms with E-state index in [0.717, 1.165) is 96.7 Å². The fourth-order valence-electron chi connectivity index (χ4n) is 6.64. The van der Waals surface area contributed by atoms with Crippen LogP contribution in [-0.2, 0) is 19.1 Å². The van der Waals surface area contributed by atoms with Crippen molar-refractivity contribution in [3.05, 3.63) is 0 Å². The van der Waals surface area contributed by atoms with E-state index in [9.17, 15) is 19.8 Å². The number of hydrogen-bond acceptors (Lipinski definition) is 7. The normalized spacial score (nSPS) is 12.2. The van der Waals surface area contributed by atoms with E-state index in [0.29, 0.717) is 19.4 Å². The molecule has 2 N–H and O–H groups in total. The molecule has 0 saturated heterocycles. The molecule has 292 valence electrons. The van der Waals surface area contributed by atoms with E-state index in [1.54, 1.807) is 0 Å². The smallest absolute Gasteiger partial charge is 0.306 e. The summed E-state index contributed by atoms with van der Waals surface area (Å²) in [5, 5.41) is 19.4. The minimum atomic E-state index is -0.126. The number of carbonyl (C=O) groups is 2. The molecule has 0 radical (unpaired) electrons. The van der Waals surface area contributed by atoms with Gasteiger partial charge in [-0.2, -0.15) is 0 Å². The zero-order valence-corrected chi connectivity index (χ0v) is 32.9. The predicted molar refractivity (Wildman–Crippen MR) is 206 cm³/mol. The van der Waals surface area contributed by atoms with Crippen LogP contribution in [0.3, 0.4) is 0 Å². The lowest BCUT2D eigenvalue weighted by molar-refractivity contribution is -0.150. The number of aliphatic hydroxyl groups excluding tert-OH is 2. The first-order valence-corrected chi connectivity index (χ1v) is 21.3. The van der Waals surface area contributed by atoms with Crippen LogP contribution in [0.5, 0.6) is 0 Å². The van der Waals surface area contributed by atoms with E-state index in [1.807, 2.05) is 0 Å². The minimum Gasteiger partial charge on any atom is -0.466 e. The third-order valence-corrected chi connectivity index (χ3v) is 9.82. The fourth-order valence-corrected chi connectivity index (χ4v) is 6.64. The molecule has 0 aromatic rings. The van der Waals surface area contributed by atoms with E-state index in [1.165, 1.54) is 96.3 Å². The van der Waals surface area contributed by atoms with Crippen molar-refractivity contribution >= 4 is 11.9 Å². The maximum absolute atomic E-state index is 12.7. The van der Waals surface area contributed by atoms with Gasteiger partial charge in [-0.25, -0.2) is 0 Å². The van der Waals surface area contributed by atoms with Gasteiger partial charge in [-0.05, 0) is 76.7 Å². The number of unbranched alkanes of at least 4 members (excludes halogenated alkanes) is 18. The Morgan fingerprint density at radius 3 is 1.59 bits per heavy atom. The molecule has 7 nitrogen and oxygen atoms in total. The van der Waals surface area contributed by atoms with Gasteiger partial charge in [-0.1, -0.05) is 130 Å². The molecule has 0 aliphatic carbocycles. The Morgan fingerprint density at radius 2 is 1.02 bits per heavy atom. The van der Waals surface area contributed by atoms with Crippen molar-refractivity contribution in [3.63, 3.8) is 0 Å². The summed E-state index contributed by atoms with van der Waals surface area (Å²) < 4.78 is 11.4. The molecule has 1 unspecified atom stereocenters. The minimum absolute atomic E-state index is 0.0112. The Labute approximate surface area is 304 Å². The number of hydrogen-bond donors (Lipinski definition) is 2. The molecule has 0 rings (SSSR count). The highest BCUT2D eigenvalue weighted by atomic mass is 16.5. The second-order valence-electron chi connectivity index (χ2n) is 14.7. The zero-order valence-electron chi connectivity index (χ0n) is 32.9. The van der Waals surface area contributed by atoms with Crippen molar-refractivity contribution in [1.29, 1.82) is 0 Å². The summed E-state index contributed by atoms with van der Waals surface area (Å²) in [4.78, 5) is 27.2. The van der Waals surface area contributed by atoms with Crippen LogP contribution >= 0.6 is 0 Å². The molecule has 0 saturated carbocycles. The van der Waals surface area contributed by atoms with Crippen molar-refractivity contribution < 1.29 is 29.3 Å². The van der Waals surface area contributed by atoms with Gasteiger partial charge in [0.25, 0.3) is 0 Å². The van der Waals surface area contributed by atoms with Crippen LogP contribution in [0.4, 0.5) is 0 Å².